The van der Waals surface area contributed by atoms with Gasteiger partial charge in [-0.15, -0.1) is 0 Å². The smallest absolute Gasteiger partial charge is 0.125 e. The summed E-state index contributed by atoms with van der Waals surface area (Å²) in [5, 5.41) is 3.39. The van der Waals surface area contributed by atoms with Gasteiger partial charge in [-0.1, -0.05) is 6.07 Å². The van der Waals surface area contributed by atoms with Gasteiger partial charge in [0.15, 0.2) is 0 Å². The minimum absolute atomic E-state index is 0.127. The van der Waals surface area contributed by atoms with Crippen LogP contribution in [0.4, 0.5) is 10.1 Å². The Labute approximate surface area is 102 Å². The van der Waals surface area contributed by atoms with Gasteiger partial charge in [-0.2, -0.15) is 0 Å². The van der Waals surface area contributed by atoms with E-state index in [1.54, 1.807) is 6.07 Å². The summed E-state index contributed by atoms with van der Waals surface area (Å²) in [6.07, 6.45) is 4.87. The standard InChI is InChI=1S/C14H19FN2/c1-16-11-8-13-5-6-14(9-11)17(13)12-4-2-3-10(15)7-12/h2-4,7,11,13-14,16H,5-6,8-9H2,1H3. The third-order valence-corrected chi connectivity index (χ3v) is 4.25. The van der Waals surface area contributed by atoms with Gasteiger partial charge in [-0.25, -0.2) is 4.39 Å². The van der Waals surface area contributed by atoms with Crippen LogP contribution in [0.25, 0.3) is 0 Å². The van der Waals surface area contributed by atoms with Crippen LogP contribution >= 0.6 is 0 Å². The zero-order valence-corrected chi connectivity index (χ0v) is 10.2. The van der Waals surface area contributed by atoms with Crippen LogP contribution in [-0.2, 0) is 0 Å². The van der Waals surface area contributed by atoms with Gasteiger partial charge in [0.1, 0.15) is 5.82 Å². The molecule has 2 aliphatic heterocycles. The molecule has 2 heterocycles. The zero-order valence-electron chi connectivity index (χ0n) is 10.2. The van der Waals surface area contributed by atoms with Crippen molar-refractivity contribution < 1.29 is 4.39 Å². The van der Waals surface area contributed by atoms with Gasteiger partial charge in [0, 0.05) is 23.8 Å². The fraction of sp³-hybridized carbons (Fsp3) is 0.571. The molecule has 0 amide bonds. The van der Waals surface area contributed by atoms with Crippen molar-refractivity contribution in [1.29, 1.82) is 0 Å². The highest BCUT2D eigenvalue weighted by atomic mass is 19.1. The van der Waals surface area contributed by atoms with E-state index in [0.29, 0.717) is 18.1 Å². The molecule has 1 N–H and O–H groups in total. The van der Waals surface area contributed by atoms with Crippen molar-refractivity contribution in [2.24, 2.45) is 0 Å². The second kappa shape index (κ2) is 4.30. The molecule has 0 aromatic heterocycles. The van der Waals surface area contributed by atoms with Gasteiger partial charge in [0.2, 0.25) is 0 Å². The SMILES string of the molecule is CNC1CC2CCC(C1)N2c1cccc(F)c1. The lowest BCUT2D eigenvalue weighted by Crippen LogP contribution is -2.48. The molecule has 2 aliphatic rings. The predicted molar refractivity (Wildman–Crippen MR) is 67.8 cm³/mol. The van der Waals surface area contributed by atoms with Crippen molar-refractivity contribution in [2.45, 2.75) is 43.8 Å². The number of fused-ring (bicyclic) bond motifs is 2. The number of hydrogen-bond acceptors (Lipinski definition) is 2. The van der Waals surface area contributed by atoms with E-state index in [0.717, 1.165) is 5.69 Å². The number of halogens is 1. The first-order valence-electron chi connectivity index (χ1n) is 6.49. The lowest BCUT2D eigenvalue weighted by Gasteiger charge is -2.40. The summed E-state index contributed by atoms with van der Waals surface area (Å²) in [5.74, 6) is -0.127. The fourth-order valence-corrected chi connectivity index (χ4v) is 3.47. The third kappa shape index (κ3) is 1.93. The lowest BCUT2D eigenvalue weighted by atomic mass is 9.97. The molecule has 92 valence electrons. The molecule has 2 nitrogen and oxygen atoms in total. The first-order chi connectivity index (χ1) is 8.28. The Balaban J connectivity index is 1.86. The molecule has 17 heavy (non-hydrogen) atoms. The van der Waals surface area contributed by atoms with Crippen LogP contribution in [-0.4, -0.2) is 25.2 Å². The van der Waals surface area contributed by atoms with Gasteiger partial charge in [-0.3, -0.25) is 0 Å². The molecule has 2 unspecified atom stereocenters. The molecular weight excluding hydrogens is 215 g/mol. The molecule has 3 heteroatoms. The number of nitrogens with zero attached hydrogens (tertiary/aromatic N) is 1. The molecule has 2 atom stereocenters. The quantitative estimate of drug-likeness (QED) is 0.846. The molecule has 0 radical (unpaired) electrons. The van der Waals surface area contributed by atoms with Crippen LogP contribution in [0.5, 0.6) is 0 Å². The second-order valence-electron chi connectivity index (χ2n) is 5.23. The van der Waals surface area contributed by atoms with Crippen LogP contribution in [0.3, 0.4) is 0 Å². The van der Waals surface area contributed by atoms with Crippen molar-refractivity contribution in [3.05, 3.63) is 30.1 Å². The summed E-state index contributed by atoms with van der Waals surface area (Å²) in [6, 6.07) is 8.86. The Morgan fingerprint density at radius 3 is 2.53 bits per heavy atom. The monoisotopic (exact) mass is 234 g/mol. The van der Waals surface area contributed by atoms with Crippen LogP contribution in [0, 0.1) is 5.82 Å². The van der Waals surface area contributed by atoms with E-state index in [2.05, 4.69) is 10.2 Å². The molecule has 2 fully saturated rings. The molecule has 1 aromatic carbocycles. The van der Waals surface area contributed by atoms with Gasteiger partial charge in [0.25, 0.3) is 0 Å². The number of anilines is 1. The predicted octanol–water partition coefficient (Wildman–Crippen LogP) is 2.54. The Hall–Kier alpha value is -1.09. The fourth-order valence-electron chi connectivity index (χ4n) is 3.47. The minimum atomic E-state index is -0.127. The average Bonchev–Trinajstić information content (AvgIpc) is 2.60. The molecular formula is C14H19FN2. The van der Waals surface area contributed by atoms with Gasteiger partial charge in [-0.05, 0) is 50.9 Å². The Kier molecular flexibility index (Phi) is 2.79. The van der Waals surface area contributed by atoms with Crippen LogP contribution in [0.15, 0.2) is 24.3 Å². The summed E-state index contributed by atoms with van der Waals surface area (Å²) >= 11 is 0. The van der Waals surface area contributed by atoms with Gasteiger partial charge in [0.05, 0.1) is 0 Å². The van der Waals surface area contributed by atoms with Crippen LogP contribution < -0.4 is 10.2 Å². The van der Waals surface area contributed by atoms with E-state index in [1.807, 2.05) is 19.2 Å². The maximum atomic E-state index is 13.3. The minimum Gasteiger partial charge on any atom is -0.365 e. The van der Waals surface area contributed by atoms with E-state index in [9.17, 15) is 4.39 Å². The van der Waals surface area contributed by atoms with Crippen molar-refractivity contribution in [2.75, 3.05) is 11.9 Å². The number of piperidine rings is 1. The summed E-state index contributed by atoms with van der Waals surface area (Å²) in [6.45, 7) is 0. The van der Waals surface area contributed by atoms with E-state index < -0.39 is 0 Å². The molecule has 2 saturated heterocycles. The molecule has 2 bridgehead atoms. The number of hydrogen-bond donors (Lipinski definition) is 1. The second-order valence-corrected chi connectivity index (χ2v) is 5.23. The van der Waals surface area contributed by atoms with Crippen molar-refractivity contribution in [3.8, 4) is 0 Å². The average molecular weight is 234 g/mol. The topological polar surface area (TPSA) is 15.3 Å². The van der Waals surface area contributed by atoms with Crippen LogP contribution in [0.2, 0.25) is 0 Å². The van der Waals surface area contributed by atoms with Crippen LogP contribution in [0.1, 0.15) is 25.7 Å². The Morgan fingerprint density at radius 1 is 1.24 bits per heavy atom. The molecule has 0 spiro atoms. The first kappa shape index (κ1) is 11.0. The maximum Gasteiger partial charge on any atom is 0.125 e. The number of rotatable bonds is 2. The van der Waals surface area contributed by atoms with E-state index in [1.165, 1.54) is 31.7 Å². The normalized spacial score (nSPS) is 31.9. The summed E-state index contributed by atoms with van der Waals surface area (Å²) in [7, 11) is 2.04. The van der Waals surface area contributed by atoms with Gasteiger partial charge >= 0.3 is 0 Å². The maximum absolute atomic E-state index is 13.3. The molecule has 0 saturated carbocycles. The highest BCUT2D eigenvalue weighted by molar-refractivity contribution is 5.50. The first-order valence-corrected chi connectivity index (χ1v) is 6.49. The third-order valence-electron chi connectivity index (χ3n) is 4.25. The summed E-state index contributed by atoms with van der Waals surface area (Å²) in [4.78, 5) is 2.44. The largest absolute Gasteiger partial charge is 0.365 e. The highest BCUT2D eigenvalue weighted by Crippen LogP contribution is 2.39. The molecule has 1 aromatic rings. The van der Waals surface area contributed by atoms with Crippen molar-refractivity contribution in [3.63, 3.8) is 0 Å². The summed E-state index contributed by atoms with van der Waals surface area (Å²) < 4.78 is 13.3. The van der Waals surface area contributed by atoms with E-state index in [-0.39, 0.29) is 5.82 Å². The van der Waals surface area contributed by atoms with E-state index in [4.69, 9.17) is 0 Å². The molecule has 0 aliphatic carbocycles. The Bertz CT molecular complexity index is 393. The Morgan fingerprint density at radius 2 is 1.94 bits per heavy atom. The summed E-state index contributed by atoms with van der Waals surface area (Å²) in [5.41, 5.74) is 1.06. The number of nitrogens with one attached hydrogen (secondary N) is 1. The highest BCUT2D eigenvalue weighted by Gasteiger charge is 2.40. The van der Waals surface area contributed by atoms with Gasteiger partial charge < -0.3 is 10.2 Å². The molecule has 3 rings (SSSR count). The van der Waals surface area contributed by atoms with E-state index >= 15 is 0 Å². The lowest BCUT2D eigenvalue weighted by molar-refractivity contribution is 0.373. The zero-order chi connectivity index (χ0) is 11.8. The van der Waals surface area contributed by atoms with Crippen molar-refractivity contribution >= 4 is 5.69 Å². The van der Waals surface area contributed by atoms with Crippen molar-refractivity contribution in [1.82, 2.24) is 5.32 Å². The number of benzene rings is 1.